The fourth-order valence-corrected chi connectivity index (χ4v) is 2.26. The fraction of sp³-hybridized carbons (Fsp3) is 0.353. The van der Waals surface area contributed by atoms with Crippen LogP contribution >= 0.6 is 0 Å². The Morgan fingerprint density at radius 3 is 2.63 bits per heavy atom. The first-order chi connectivity index (χ1) is 12.9. The van der Waals surface area contributed by atoms with E-state index in [1.54, 1.807) is 7.05 Å². The number of hydrogen-bond donors (Lipinski definition) is 3. The quantitative estimate of drug-likeness (QED) is 0.575. The molecule has 0 bridgehead atoms. The second kappa shape index (κ2) is 9.90. The summed E-state index contributed by atoms with van der Waals surface area (Å²) in [5, 5.41) is 21.4. The van der Waals surface area contributed by atoms with E-state index in [1.165, 1.54) is 15.8 Å². The lowest BCUT2D eigenvalue weighted by molar-refractivity contribution is -0.138. The van der Waals surface area contributed by atoms with E-state index in [1.807, 2.05) is 30.3 Å². The molecule has 0 unspecified atom stereocenters. The molecule has 27 heavy (non-hydrogen) atoms. The highest BCUT2D eigenvalue weighted by Gasteiger charge is 2.10. The van der Waals surface area contributed by atoms with E-state index in [0.717, 1.165) is 5.56 Å². The van der Waals surface area contributed by atoms with Crippen LogP contribution in [0.1, 0.15) is 17.7 Å². The molecule has 10 nitrogen and oxygen atoms in total. The van der Waals surface area contributed by atoms with Crippen molar-refractivity contribution in [3.05, 3.63) is 47.8 Å². The Bertz CT molecular complexity index is 777. The van der Waals surface area contributed by atoms with Gasteiger partial charge >= 0.3 is 12.0 Å². The minimum absolute atomic E-state index is 0.119. The van der Waals surface area contributed by atoms with Crippen molar-refractivity contribution in [3.63, 3.8) is 0 Å². The van der Waals surface area contributed by atoms with Crippen LogP contribution < -0.4 is 10.6 Å². The van der Waals surface area contributed by atoms with Crippen molar-refractivity contribution in [1.82, 2.24) is 30.5 Å². The molecule has 144 valence electrons. The highest BCUT2D eigenvalue weighted by Crippen LogP contribution is 2.02. The van der Waals surface area contributed by atoms with Crippen molar-refractivity contribution in [2.45, 2.75) is 26.1 Å². The molecule has 3 N–H and O–H groups in total. The zero-order valence-corrected chi connectivity index (χ0v) is 15.0. The predicted molar refractivity (Wildman–Crippen MR) is 95.4 cm³/mol. The zero-order valence-electron chi connectivity index (χ0n) is 15.0. The lowest BCUT2D eigenvalue weighted by Gasteiger charge is -2.18. The molecule has 0 aliphatic heterocycles. The molecule has 0 saturated carbocycles. The predicted octanol–water partition coefficient (Wildman–Crippen LogP) is 0.211. The minimum atomic E-state index is -1.02. The van der Waals surface area contributed by atoms with Crippen molar-refractivity contribution >= 4 is 17.9 Å². The van der Waals surface area contributed by atoms with E-state index in [-0.39, 0.29) is 38.0 Å². The maximum atomic E-state index is 12.0. The number of carboxylic acid groups (broad SMARTS) is 1. The lowest BCUT2D eigenvalue weighted by atomic mass is 10.2. The summed E-state index contributed by atoms with van der Waals surface area (Å²) in [7, 11) is 1.68. The molecule has 2 rings (SSSR count). The number of nitrogens with zero attached hydrogens (tertiary/aromatic N) is 4. The van der Waals surface area contributed by atoms with Crippen LogP contribution in [0, 0.1) is 0 Å². The molecule has 0 aliphatic rings. The summed E-state index contributed by atoms with van der Waals surface area (Å²) in [6.45, 7) is 0.532. The summed E-state index contributed by atoms with van der Waals surface area (Å²) in [5.41, 5.74) is 1.47. The number of rotatable bonds is 9. The first-order valence-electron chi connectivity index (χ1n) is 8.34. The van der Waals surface area contributed by atoms with Crippen molar-refractivity contribution in [3.8, 4) is 0 Å². The number of hydrogen-bond acceptors (Lipinski definition) is 5. The van der Waals surface area contributed by atoms with Crippen LogP contribution in [0.25, 0.3) is 0 Å². The van der Waals surface area contributed by atoms with E-state index < -0.39 is 5.97 Å². The molecular weight excluding hydrogens is 352 g/mol. The third-order valence-corrected chi connectivity index (χ3v) is 3.59. The molecule has 0 radical (unpaired) electrons. The number of amides is 3. The van der Waals surface area contributed by atoms with Crippen LogP contribution in [0.15, 0.2) is 36.5 Å². The second-order valence-corrected chi connectivity index (χ2v) is 5.90. The summed E-state index contributed by atoms with van der Waals surface area (Å²) in [5.74, 6) is -1.28. The van der Waals surface area contributed by atoms with Gasteiger partial charge in [-0.3, -0.25) is 9.59 Å². The summed E-state index contributed by atoms with van der Waals surface area (Å²) >= 11 is 0. The highest BCUT2D eigenvalue weighted by atomic mass is 16.4. The molecule has 3 amide bonds. The Morgan fingerprint density at radius 2 is 1.93 bits per heavy atom. The van der Waals surface area contributed by atoms with Gasteiger partial charge in [-0.25, -0.2) is 9.48 Å². The Morgan fingerprint density at radius 1 is 1.19 bits per heavy atom. The monoisotopic (exact) mass is 374 g/mol. The van der Waals surface area contributed by atoms with Crippen molar-refractivity contribution < 1.29 is 19.5 Å². The maximum absolute atomic E-state index is 12.0. The van der Waals surface area contributed by atoms with Gasteiger partial charge in [0, 0.05) is 26.6 Å². The summed E-state index contributed by atoms with van der Waals surface area (Å²) < 4.78 is 1.17. The molecule has 0 atom stereocenters. The number of carbonyl (C=O) groups excluding carboxylic acids is 2. The number of urea groups is 1. The smallest absolute Gasteiger partial charge is 0.325 e. The third-order valence-electron chi connectivity index (χ3n) is 3.59. The van der Waals surface area contributed by atoms with Gasteiger partial charge in [-0.2, -0.15) is 0 Å². The molecule has 1 aromatic heterocycles. The van der Waals surface area contributed by atoms with E-state index in [0.29, 0.717) is 12.2 Å². The molecule has 0 aliphatic carbocycles. The Balaban J connectivity index is 1.64. The van der Waals surface area contributed by atoms with E-state index in [2.05, 4.69) is 20.9 Å². The molecule has 0 fully saturated rings. The fourth-order valence-electron chi connectivity index (χ4n) is 2.26. The van der Waals surface area contributed by atoms with E-state index in [9.17, 15) is 14.4 Å². The standard InChI is InChI=1S/C17H22N6O4/c1-22(10-13-5-3-2-4-6-13)17(27)18-8-7-15(24)19-9-14-11-23(21-20-14)12-16(25)26/h2-6,11H,7-10,12H2,1H3,(H,18,27)(H,19,24)(H,25,26). The van der Waals surface area contributed by atoms with Gasteiger partial charge in [0.05, 0.1) is 12.7 Å². The van der Waals surface area contributed by atoms with Crippen molar-refractivity contribution in [2.75, 3.05) is 13.6 Å². The largest absolute Gasteiger partial charge is 0.480 e. The topological polar surface area (TPSA) is 129 Å². The molecule has 10 heteroatoms. The Kier molecular flexibility index (Phi) is 7.29. The van der Waals surface area contributed by atoms with Crippen LogP contribution in [0.4, 0.5) is 4.79 Å². The van der Waals surface area contributed by atoms with E-state index >= 15 is 0 Å². The molecule has 2 aromatic rings. The highest BCUT2D eigenvalue weighted by molar-refractivity contribution is 5.78. The Hall–Kier alpha value is -3.43. The average Bonchev–Trinajstić information content (AvgIpc) is 3.07. The van der Waals surface area contributed by atoms with Crippen molar-refractivity contribution in [1.29, 1.82) is 0 Å². The van der Waals surface area contributed by atoms with Crippen LogP contribution in [-0.2, 0) is 29.2 Å². The normalized spacial score (nSPS) is 10.3. The molecule has 0 saturated heterocycles. The van der Waals surface area contributed by atoms with Crippen LogP contribution in [0.2, 0.25) is 0 Å². The number of carboxylic acids is 1. The number of benzene rings is 1. The van der Waals surface area contributed by atoms with Crippen LogP contribution in [-0.4, -0.2) is 56.5 Å². The molecule has 1 heterocycles. The van der Waals surface area contributed by atoms with Gasteiger partial charge in [-0.1, -0.05) is 35.5 Å². The van der Waals surface area contributed by atoms with E-state index in [4.69, 9.17) is 5.11 Å². The lowest BCUT2D eigenvalue weighted by Crippen LogP contribution is -2.38. The Labute approximate surface area is 156 Å². The average molecular weight is 374 g/mol. The minimum Gasteiger partial charge on any atom is -0.480 e. The van der Waals surface area contributed by atoms with Crippen molar-refractivity contribution in [2.24, 2.45) is 0 Å². The van der Waals surface area contributed by atoms with Gasteiger partial charge in [0.25, 0.3) is 0 Å². The summed E-state index contributed by atoms with van der Waals surface area (Å²) in [4.78, 5) is 35.9. The van der Waals surface area contributed by atoms with Gasteiger partial charge in [0.1, 0.15) is 12.2 Å². The first-order valence-corrected chi connectivity index (χ1v) is 8.34. The van der Waals surface area contributed by atoms with Gasteiger partial charge in [0.2, 0.25) is 5.91 Å². The van der Waals surface area contributed by atoms with Gasteiger partial charge in [0.15, 0.2) is 0 Å². The molecule has 1 aromatic carbocycles. The van der Waals surface area contributed by atoms with Crippen LogP contribution in [0.3, 0.4) is 0 Å². The SMILES string of the molecule is CN(Cc1ccccc1)C(=O)NCCC(=O)NCc1cn(CC(=O)O)nn1. The summed E-state index contributed by atoms with van der Waals surface area (Å²) in [6, 6.07) is 9.34. The third kappa shape index (κ3) is 7.14. The molecule has 0 spiro atoms. The van der Waals surface area contributed by atoms with Gasteiger partial charge in [-0.05, 0) is 5.56 Å². The maximum Gasteiger partial charge on any atom is 0.325 e. The second-order valence-electron chi connectivity index (χ2n) is 5.90. The number of nitrogens with one attached hydrogen (secondary N) is 2. The number of aromatic nitrogens is 3. The number of aliphatic carboxylic acids is 1. The number of carbonyl (C=O) groups is 3. The van der Waals surface area contributed by atoms with Crippen LogP contribution in [0.5, 0.6) is 0 Å². The molecular formula is C17H22N6O4. The van der Waals surface area contributed by atoms with Gasteiger partial charge in [-0.15, -0.1) is 5.10 Å². The first kappa shape index (κ1) is 19.9. The zero-order chi connectivity index (χ0) is 19.6. The van der Waals surface area contributed by atoms with Gasteiger partial charge < -0.3 is 20.6 Å². The summed E-state index contributed by atoms with van der Waals surface area (Å²) in [6.07, 6.45) is 1.57.